The number of carbonyl (C=O) groups excluding carboxylic acids is 1. The lowest BCUT2D eigenvalue weighted by molar-refractivity contribution is -0.116. The van der Waals surface area contributed by atoms with Crippen LogP contribution in [0.25, 0.3) is 0 Å². The minimum atomic E-state index is 0.101. The van der Waals surface area contributed by atoms with Crippen molar-refractivity contribution in [2.24, 2.45) is 0 Å². The maximum absolute atomic E-state index is 11.6. The summed E-state index contributed by atoms with van der Waals surface area (Å²) in [5.74, 6) is 0.101. The quantitative estimate of drug-likeness (QED) is 0.909. The number of anilines is 2. The molecule has 0 saturated carbocycles. The average molecular weight is 315 g/mol. The normalized spacial score (nSPS) is 14.6. The Morgan fingerprint density at radius 2 is 2.05 bits per heavy atom. The lowest BCUT2D eigenvalue weighted by Crippen LogP contribution is -2.25. The molecule has 0 spiro atoms. The zero-order valence-electron chi connectivity index (χ0n) is 12.8. The highest BCUT2D eigenvalue weighted by Crippen LogP contribution is 2.32. The fraction of sp³-hybridized carbons (Fsp3) is 0.278. The van der Waals surface area contributed by atoms with Gasteiger partial charge in [-0.25, -0.2) is 0 Å². The van der Waals surface area contributed by atoms with Crippen LogP contribution in [0.4, 0.5) is 11.4 Å². The molecule has 1 atom stereocenters. The summed E-state index contributed by atoms with van der Waals surface area (Å²) in [6, 6.07) is 14.2. The molecule has 0 radical (unpaired) electrons. The molecule has 2 aromatic carbocycles. The first-order valence-corrected chi connectivity index (χ1v) is 7.86. The highest BCUT2D eigenvalue weighted by Gasteiger charge is 2.22. The van der Waals surface area contributed by atoms with E-state index in [1.807, 2.05) is 41.3 Å². The third-order valence-electron chi connectivity index (χ3n) is 4.11. The van der Waals surface area contributed by atoms with E-state index < -0.39 is 0 Å². The molecule has 0 fully saturated rings. The SMILES string of the molecule is CC(=O)N1CCc2cc(NC(C)c3ccccc3Cl)ccc21. The van der Waals surface area contributed by atoms with E-state index in [4.69, 9.17) is 11.6 Å². The summed E-state index contributed by atoms with van der Waals surface area (Å²) in [6.07, 6.45) is 0.908. The predicted octanol–water partition coefficient (Wildman–Crippen LogP) is 4.42. The van der Waals surface area contributed by atoms with Crippen molar-refractivity contribution in [2.45, 2.75) is 26.3 Å². The van der Waals surface area contributed by atoms with Crippen LogP contribution in [0.1, 0.15) is 31.0 Å². The molecule has 2 aromatic rings. The molecule has 3 rings (SSSR count). The first-order chi connectivity index (χ1) is 10.6. The Labute approximate surface area is 135 Å². The van der Waals surface area contributed by atoms with Gasteiger partial charge >= 0.3 is 0 Å². The number of halogens is 1. The molecule has 1 aliphatic rings. The average Bonchev–Trinajstić information content (AvgIpc) is 2.91. The second kappa shape index (κ2) is 6.01. The highest BCUT2D eigenvalue weighted by molar-refractivity contribution is 6.31. The van der Waals surface area contributed by atoms with Gasteiger partial charge in [0.25, 0.3) is 0 Å². The number of fused-ring (bicyclic) bond motifs is 1. The molecule has 0 bridgehead atoms. The molecule has 22 heavy (non-hydrogen) atoms. The van der Waals surface area contributed by atoms with Gasteiger partial charge < -0.3 is 10.2 Å². The van der Waals surface area contributed by atoms with Gasteiger partial charge in [-0.1, -0.05) is 29.8 Å². The highest BCUT2D eigenvalue weighted by atomic mass is 35.5. The minimum absolute atomic E-state index is 0.101. The largest absolute Gasteiger partial charge is 0.378 e. The number of carbonyl (C=O) groups is 1. The molecule has 114 valence electrons. The third kappa shape index (κ3) is 2.81. The fourth-order valence-corrected chi connectivity index (χ4v) is 3.27. The van der Waals surface area contributed by atoms with E-state index >= 15 is 0 Å². The van der Waals surface area contributed by atoms with E-state index in [2.05, 4.69) is 18.3 Å². The molecule has 1 aliphatic heterocycles. The molecule has 3 nitrogen and oxygen atoms in total. The molecular formula is C18H19ClN2O. The van der Waals surface area contributed by atoms with Gasteiger partial charge in [-0.2, -0.15) is 0 Å². The van der Waals surface area contributed by atoms with E-state index in [0.29, 0.717) is 0 Å². The first-order valence-electron chi connectivity index (χ1n) is 7.48. The van der Waals surface area contributed by atoms with E-state index in [-0.39, 0.29) is 11.9 Å². The lowest BCUT2D eigenvalue weighted by atomic mass is 10.1. The molecule has 1 amide bonds. The Morgan fingerprint density at radius 1 is 1.27 bits per heavy atom. The van der Waals surface area contributed by atoms with Crippen LogP contribution >= 0.6 is 11.6 Å². The summed E-state index contributed by atoms with van der Waals surface area (Å²) in [7, 11) is 0. The van der Waals surface area contributed by atoms with Crippen molar-refractivity contribution >= 4 is 28.9 Å². The van der Waals surface area contributed by atoms with Crippen molar-refractivity contribution in [1.82, 2.24) is 0 Å². The van der Waals surface area contributed by atoms with E-state index in [9.17, 15) is 4.79 Å². The van der Waals surface area contributed by atoms with Gasteiger partial charge in [-0.15, -0.1) is 0 Å². The Morgan fingerprint density at radius 3 is 2.77 bits per heavy atom. The molecule has 0 aliphatic carbocycles. The second-order valence-electron chi connectivity index (χ2n) is 5.65. The maximum atomic E-state index is 11.6. The fourth-order valence-electron chi connectivity index (χ4n) is 2.97. The van der Waals surface area contributed by atoms with E-state index in [1.54, 1.807) is 6.92 Å². The second-order valence-corrected chi connectivity index (χ2v) is 6.06. The summed E-state index contributed by atoms with van der Waals surface area (Å²) in [5.41, 5.74) is 4.38. The summed E-state index contributed by atoms with van der Waals surface area (Å²) in [5, 5.41) is 4.25. The third-order valence-corrected chi connectivity index (χ3v) is 4.45. The molecule has 0 saturated heterocycles. The van der Waals surface area contributed by atoms with Gasteiger partial charge in [0, 0.05) is 35.9 Å². The number of hydrogen-bond acceptors (Lipinski definition) is 2. The van der Waals surface area contributed by atoms with Gasteiger partial charge in [0.05, 0.1) is 0 Å². The summed E-state index contributed by atoms with van der Waals surface area (Å²) < 4.78 is 0. The van der Waals surface area contributed by atoms with Crippen molar-refractivity contribution in [3.63, 3.8) is 0 Å². The van der Waals surface area contributed by atoms with Crippen LogP contribution in [0.2, 0.25) is 5.02 Å². The number of nitrogens with one attached hydrogen (secondary N) is 1. The van der Waals surface area contributed by atoms with Gasteiger partial charge in [-0.3, -0.25) is 4.79 Å². The Balaban J connectivity index is 1.80. The summed E-state index contributed by atoms with van der Waals surface area (Å²) in [6.45, 7) is 4.48. The maximum Gasteiger partial charge on any atom is 0.223 e. The number of hydrogen-bond donors (Lipinski definition) is 1. The van der Waals surface area contributed by atoms with Crippen LogP contribution < -0.4 is 10.2 Å². The Hall–Kier alpha value is -2.00. The summed E-state index contributed by atoms with van der Waals surface area (Å²) in [4.78, 5) is 13.4. The molecule has 4 heteroatoms. The van der Waals surface area contributed by atoms with Crippen LogP contribution in [0.15, 0.2) is 42.5 Å². The molecule has 1 heterocycles. The minimum Gasteiger partial charge on any atom is -0.378 e. The van der Waals surface area contributed by atoms with E-state index in [0.717, 1.165) is 34.9 Å². The molecule has 1 N–H and O–H groups in total. The first kappa shape index (κ1) is 14.9. The van der Waals surface area contributed by atoms with Crippen LogP contribution in [0, 0.1) is 0 Å². The summed E-state index contributed by atoms with van der Waals surface area (Å²) >= 11 is 6.25. The monoisotopic (exact) mass is 314 g/mol. The van der Waals surface area contributed by atoms with Crippen LogP contribution in [-0.2, 0) is 11.2 Å². The van der Waals surface area contributed by atoms with Crippen molar-refractivity contribution in [3.8, 4) is 0 Å². The van der Waals surface area contributed by atoms with Gasteiger partial charge in [-0.05, 0) is 48.7 Å². The zero-order chi connectivity index (χ0) is 15.7. The Bertz CT molecular complexity index is 714. The smallest absolute Gasteiger partial charge is 0.223 e. The zero-order valence-corrected chi connectivity index (χ0v) is 13.5. The standard InChI is InChI=1S/C18H19ClN2O/c1-12(16-5-3-4-6-17(16)19)20-15-7-8-18-14(11-15)9-10-21(18)13(2)22/h3-8,11-12,20H,9-10H2,1-2H3. The van der Waals surface area contributed by atoms with Crippen molar-refractivity contribution < 1.29 is 4.79 Å². The molecule has 0 aromatic heterocycles. The van der Waals surface area contributed by atoms with Gasteiger partial charge in [0.2, 0.25) is 5.91 Å². The van der Waals surface area contributed by atoms with Crippen molar-refractivity contribution in [3.05, 3.63) is 58.6 Å². The van der Waals surface area contributed by atoms with E-state index in [1.165, 1.54) is 5.56 Å². The molecule has 1 unspecified atom stereocenters. The van der Waals surface area contributed by atoms with Crippen LogP contribution in [-0.4, -0.2) is 12.5 Å². The predicted molar refractivity (Wildman–Crippen MR) is 91.7 cm³/mol. The van der Waals surface area contributed by atoms with Gasteiger partial charge in [0.15, 0.2) is 0 Å². The number of amides is 1. The topological polar surface area (TPSA) is 32.3 Å². The Kier molecular flexibility index (Phi) is 4.08. The van der Waals surface area contributed by atoms with Crippen LogP contribution in [0.3, 0.4) is 0 Å². The molecular weight excluding hydrogens is 296 g/mol. The van der Waals surface area contributed by atoms with Gasteiger partial charge in [0.1, 0.15) is 0 Å². The number of benzene rings is 2. The number of rotatable bonds is 3. The van der Waals surface area contributed by atoms with Crippen molar-refractivity contribution in [2.75, 3.05) is 16.8 Å². The number of nitrogens with zero attached hydrogens (tertiary/aromatic N) is 1. The lowest BCUT2D eigenvalue weighted by Gasteiger charge is -2.19. The van der Waals surface area contributed by atoms with Crippen molar-refractivity contribution in [1.29, 1.82) is 0 Å². The van der Waals surface area contributed by atoms with Crippen LogP contribution in [0.5, 0.6) is 0 Å².